The molecule has 2 unspecified atom stereocenters. The van der Waals surface area contributed by atoms with Crippen LogP contribution in [0.5, 0.6) is 0 Å². The minimum atomic E-state index is -0.377. The van der Waals surface area contributed by atoms with E-state index in [-0.39, 0.29) is 22.9 Å². The summed E-state index contributed by atoms with van der Waals surface area (Å²) in [6.45, 7) is 0. The zero-order valence-electron chi connectivity index (χ0n) is 9.73. The summed E-state index contributed by atoms with van der Waals surface area (Å²) in [6.07, 6.45) is 5.00. The fourth-order valence-corrected chi connectivity index (χ4v) is 3.39. The molecule has 0 radical (unpaired) electrons. The number of hydrogen-bond donors (Lipinski definition) is 2. The SMILES string of the molecule is Nc1ccc(SC2CCCCCC2O)cc1F. The molecule has 94 valence electrons. The van der Waals surface area contributed by atoms with E-state index in [4.69, 9.17) is 5.73 Å². The van der Waals surface area contributed by atoms with Crippen LogP contribution in [0, 0.1) is 5.82 Å². The second kappa shape index (κ2) is 5.74. The Balaban J connectivity index is 2.05. The van der Waals surface area contributed by atoms with E-state index in [1.807, 2.05) is 6.07 Å². The molecule has 0 bridgehead atoms. The minimum Gasteiger partial charge on any atom is -0.396 e. The first kappa shape index (κ1) is 12.7. The summed E-state index contributed by atoms with van der Waals surface area (Å²) in [7, 11) is 0. The smallest absolute Gasteiger partial charge is 0.147 e. The molecule has 4 heteroatoms. The van der Waals surface area contributed by atoms with Gasteiger partial charge in [-0.25, -0.2) is 4.39 Å². The maximum absolute atomic E-state index is 13.3. The molecular formula is C13H18FNOS. The molecule has 1 aliphatic carbocycles. The highest BCUT2D eigenvalue weighted by Gasteiger charge is 2.22. The van der Waals surface area contributed by atoms with Gasteiger partial charge in [0.05, 0.1) is 11.8 Å². The average molecular weight is 255 g/mol. The predicted molar refractivity (Wildman–Crippen MR) is 69.5 cm³/mol. The van der Waals surface area contributed by atoms with Gasteiger partial charge in [-0.1, -0.05) is 19.3 Å². The second-order valence-corrected chi connectivity index (χ2v) is 5.86. The fourth-order valence-electron chi connectivity index (χ4n) is 2.15. The summed E-state index contributed by atoms with van der Waals surface area (Å²) < 4.78 is 13.3. The first-order valence-corrected chi connectivity index (χ1v) is 6.94. The molecule has 0 saturated heterocycles. The van der Waals surface area contributed by atoms with Crippen molar-refractivity contribution >= 4 is 17.4 Å². The van der Waals surface area contributed by atoms with Gasteiger partial charge in [0.15, 0.2) is 0 Å². The van der Waals surface area contributed by atoms with Crippen LogP contribution in [0.4, 0.5) is 10.1 Å². The van der Waals surface area contributed by atoms with Crippen LogP contribution in [-0.4, -0.2) is 16.5 Å². The molecule has 2 atom stereocenters. The quantitative estimate of drug-likeness (QED) is 0.630. The molecular weight excluding hydrogens is 237 g/mol. The Morgan fingerprint density at radius 3 is 2.76 bits per heavy atom. The monoisotopic (exact) mass is 255 g/mol. The summed E-state index contributed by atoms with van der Waals surface area (Å²) in [5.41, 5.74) is 5.62. The van der Waals surface area contributed by atoms with Gasteiger partial charge in [0.2, 0.25) is 0 Å². The first-order valence-electron chi connectivity index (χ1n) is 6.06. The normalized spacial score (nSPS) is 25.5. The maximum atomic E-state index is 13.3. The Morgan fingerprint density at radius 1 is 1.24 bits per heavy atom. The van der Waals surface area contributed by atoms with Gasteiger partial charge in [0.25, 0.3) is 0 Å². The Bertz CT molecular complexity index is 386. The third-order valence-electron chi connectivity index (χ3n) is 3.18. The molecule has 0 heterocycles. The molecule has 1 aromatic rings. The molecule has 0 aliphatic heterocycles. The van der Waals surface area contributed by atoms with E-state index in [0.717, 1.165) is 30.6 Å². The standard InChI is InChI=1S/C13H18FNOS/c14-10-8-9(6-7-11(10)15)17-13-5-3-1-2-4-12(13)16/h6-8,12-13,16H,1-5,15H2. The van der Waals surface area contributed by atoms with E-state index in [2.05, 4.69) is 0 Å². The third-order valence-corrected chi connectivity index (χ3v) is 4.56. The van der Waals surface area contributed by atoms with Crippen molar-refractivity contribution in [1.82, 2.24) is 0 Å². The number of halogens is 1. The summed E-state index contributed by atoms with van der Waals surface area (Å²) in [5.74, 6) is -0.377. The van der Waals surface area contributed by atoms with Crippen molar-refractivity contribution in [1.29, 1.82) is 0 Å². The zero-order valence-corrected chi connectivity index (χ0v) is 10.5. The molecule has 2 rings (SSSR count). The predicted octanol–water partition coefficient (Wildman–Crippen LogP) is 3.19. The number of aliphatic hydroxyl groups is 1. The number of nitrogens with two attached hydrogens (primary N) is 1. The van der Waals surface area contributed by atoms with Crippen LogP contribution in [0.2, 0.25) is 0 Å². The van der Waals surface area contributed by atoms with Crippen LogP contribution in [0.15, 0.2) is 23.1 Å². The van der Waals surface area contributed by atoms with Gasteiger partial charge < -0.3 is 10.8 Å². The highest BCUT2D eigenvalue weighted by Crippen LogP contribution is 2.33. The van der Waals surface area contributed by atoms with Gasteiger partial charge in [-0.2, -0.15) is 0 Å². The number of aliphatic hydroxyl groups excluding tert-OH is 1. The van der Waals surface area contributed by atoms with Gasteiger partial charge >= 0.3 is 0 Å². The van der Waals surface area contributed by atoms with Crippen LogP contribution in [0.3, 0.4) is 0 Å². The molecule has 1 aliphatic rings. The van der Waals surface area contributed by atoms with Gasteiger partial charge in [-0.3, -0.25) is 0 Å². The van der Waals surface area contributed by atoms with Crippen molar-refractivity contribution in [3.8, 4) is 0 Å². The Hall–Kier alpha value is -0.740. The molecule has 1 saturated carbocycles. The van der Waals surface area contributed by atoms with Crippen LogP contribution >= 0.6 is 11.8 Å². The Labute approximate surface area is 105 Å². The van der Waals surface area contributed by atoms with Crippen molar-refractivity contribution in [2.75, 3.05) is 5.73 Å². The van der Waals surface area contributed by atoms with E-state index in [0.29, 0.717) is 0 Å². The van der Waals surface area contributed by atoms with Crippen LogP contribution in [0.1, 0.15) is 32.1 Å². The first-order chi connectivity index (χ1) is 8.16. The number of nitrogen functional groups attached to an aromatic ring is 1. The van der Waals surface area contributed by atoms with E-state index in [1.165, 1.54) is 12.5 Å². The summed E-state index contributed by atoms with van der Waals surface area (Å²) >= 11 is 1.56. The van der Waals surface area contributed by atoms with E-state index in [1.54, 1.807) is 17.8 Å². The maximum Gasteiger partial charge on any atom is 0.147 e. The van der Waals surface area contributed by atoms with Crippen molar-refractivity contribution < 1.29 is 9.50 Å². The fraction of sp³-hybridized carbons (Fsp3) is 0.538. The molecule has 2 nitrogen and oxygen atoms in total. The zero-order chi connectivity index (χ0) is 12.3. The number of benzene rings is 1. The van der Waals surface area contributed by atoms with Crippen molar-refractivity contribution in [2.24, 2.45) is 0 Å². The highest BCUT2D eigenvalue weighted by atomic mass is 32.2. The summed E-state index contributed by atoms with van der Waals surface area (Å²) in [5, 5.41) is 10.2. The van der Waals surface area contributed by atoms with Crippen molar-refractivity contribution in [3.63, 3.8) is 0 Å². The van der Waals surface area contributed by atoms with Gasteiger partial charge in [-0.15, -0.1) is 11.8 Å². The molecule has 0 spiro atoms. The topological polar surface area (TPSA) is 46.2 Å². The molecule has 0 amide bonds. The molecule has 0 aromatic heterocycles. The highest BCUT2D eigenvalue weighted by molar-refractivity contribution is 8.00. The molecule has 17 heavy (non-hydrogen) atoms. The van der Waals surface area contributed by atoms with E-state index < -0.39 is 0 Å². The largest absolute Gasteiger partial charge is 0.396 e. The Kier molecular flexibility index (Phi) is 4.29. The lowest BCUT2D eigenvalue weighted by atomic mass is 10.1. The van der Waals surface area contributed by atoms with Crippen LogP contribution in [-0.2, 0) is 0 Å². The third kappa shape index (κ3) is 3.36. The van der Waals surface area contributed by atoms with E-state index in [9.17, 15) is 9.50 Å². The Morgan fingerprint density at radius 2 is 2.00 bits per heavy atom. The van der Waals surface area contributed by atoms with E-state index >= 15 is 0 Å². The number of thioether (sulfide) groups is 1. The van der Waals surface area contributed by atoms with Gasteiger partial charge in [0.1, 0.15) is 5.82 Å². The second-order valence-electron chi connectivity index (χ2n) is 4.54. The molecule has 3 N–H and O–H groups in total. The molecule has 1 fully saturated rings. The average Bonchev–Trinajstić information content (AvgIpc) is 2.50. The van der Waals surface area contributed by atoms with Crippen molar-refractivity contribution in [2.45, 2.75) is 48.4 Å². The lowest BCUT2D eigenvalue weighted by molar-refractivity contribution is 0.163. The van der Waals surface area contributed by atoms with Crippen molar-refractivity contribution in [3.05, 3.63) is 24.0 Å². The number of rotatable bonds is 2. The summed E-state index contributed by atoms with van der Waals surface area (Å²) in [6, 6.07) is 4.86. The summed E-state index contributed by atoms with van der Waals surface area (Å²) in [4.78, 5) is 0.850. The lowest BCUT2D eigenvalue weighted by Crippen LogP contribution is -2.21. The minimum absolute atomic E-state index is 0.177. The van der Waals surface area contributed by atoms with Gasteiger partial charge in [-0.05, 0) is 31.0 Å². The molecule has 1 aromatic carbocycles. The van der Waals surface area contributed by atoms with Gasteiger partial charge in [0, 0.05) is 10.1 Å². The number of hydrogen-bond acceptors (Lipinski definition) is 3. The number of anilines is 1. The van der Waals surface area contributed by atoms with Crippen LogP contribution < -0.4 is 5.73 Å². The van der Waals surface area contributed by atoms with Crippen LogP contribution in [0.25, 0.3) is 0 Å². The lowest BCUT2D eigenvalue weighted by Gasteiger charge is -2.19.